The average molecular weight is 807 g/mol. The van der Waals surface area contributed by atoms with Crippen LogP contribution in [0.2, 0.25) is 5.02 Å². The minimum atomic E-state index is -0.790. The Hall–Kier alpha value is -4.39. The van der Waals surface area contributed by atoms with Crippen molar-refractivity contribution in [3.05, 3.63) is 147 Å². The van der Waals surface area contributed by atoms with Crippen LogP contribution >= 0.6 is 45.5 Å². The van der Waals surface area contributed by atoms with Gasteiger partial charge in [-0.1, -0.05) is 77.5 Å². The molecule has 1 aliphatic heterocycles. The summed E-state index contributed by atoms with van der Waals surface area (Å²) in [5, 5.41) is 0.657. The second-order valence-corrected chi connectivity index (χ2v) is 13.5. The Morgan fingerprint density at radius 3 is 2.39 bits per heavy atom. The Labute approximate surface area is 306 Å². The number of hydrogen-bond acceptors (Lipinski definition) is 8. The molecule has 0 spiro atoms. The Morgan fingerprint density at radius 1 is 0.980 bits per heavy atom. The third-order valence-corrected chi connectivity index (χ3v) is 9.76. The monoisotopic (exact) mass is 806 g/mol. The van der Waals surface area contributed by atoms with Crippen molar-refractivity contribution >= 4 is 63.3 Å². The molecule has 6 rings (SSSR count). The summed E-state index contributed by atoms with van der Waals surface area (Å²) in [4.78, 5) is 33.5. The van der Waals surface area contributed by atoms with Gasteiger partial charge in [-0.05, 0) is 95.6 Å². The van der Waals surface area contributed by atoms with Crippen molar-refractivity contribution < 1.29 is 23.7 Å². The summed E-state index contributed by atoms with van der Waals surface area (Å²) in [5.74, 6) is 1.28. The van der Waals surface area contributed by atoms with Crippen LogP contribution in [0, 0.1) is 3.57 Å². The molecule has 0 fully saturated rings. The summed E-state index contributed by atoms with van der Waals surface area (Å²) in [7, 11) is 1.58. The Balaban J connectivity index is 1.48. The molecule has 49 heavy (non-hydrogen) atoms. The van der Waals surface area contributed by atoms with E-state index in [1.165, 1.54) is 11.3 Å². The van der Waals surface area contributed by atoms with Crippen LogP contribution in [0.5, 0.6) is 17.2 Å². The van der Waals surface area contributed by atoms with Gasteiger partial charge in [0.15, 0.2) is 16.3 Å². The fourth-order valence-corrected chi connectivity index (χ4v) is 7.43. The molecule has 0 amide bonds. The number of esters is 1. The highest BCUT2D eigenvalue weighted by atomic mass is 127. The number of carbonyl (C=O) groups excluding carboxylic acids is 1. The lowest BCUT2D eigenvalue weighted by Gasteiger charge is -2.26. The molecule has 0 unspecified atom stereocenters. The third kappa shape index (κ3) is 7.46. The maximum Gasteiger partial charge on any atom is 0.338 e. The van der Waals surface area contributed by atoms with Gasteiger partial charge in [-0.2, -0.15) is 0 Å². The molecule has 0 saturated carbocycles. The van der Waals surface area contributed by atoms with Crippen molar-refractivity contribution in [2.24, 2.45) is 4.99 Å². The van der Waals surface area contributed by atoms with Crippen LogP contribution < -0.4 is 29.1 Å². The molecule has 2 heterocycles. The molecule has 0 bridgehead atoms. The van der Waals surface area contributed by atoms with Gasteiger partial charge in [0.1, 0.15) is 12.4 Å². The number of hydrogen-bond donors (Lipinski definition) is 0. The van der Waals surface area contributed by atoms with Crippen molar-refractivity contribution in [3.63, 3.8) is 0 Å². The first-order valence-corrected chi connectivity index (χ1v) is 17.8. The summed E-state index contributed by atoms with van der Waals surface area (Å²) in [6, 6.07) is 27.3. The summed E-state index contributed by atoms with van der Waals surface area (Å²) < 4.78 is 26.0. The van der Waals surface area contributed by atoms with Crippen molar-refractivity contribution in [1.29, 1.82) is 0 Å². The fraction of sp³-hybridized carbons (Fsp3) is 0.184. The first-order valence-electron chi connectivity index (χ1n) is 15.6. The second-order valence-electron chi connectivity index (χ2n) is 10.9. The van der Waals surface area contributed by atoms with Gasteiger partial charge in [0.2, 0.25) is 0 Å². The molecular formula is C38H32ClIN2O6S. The van der Waals surface area contributed by atoms with Gasteiger partial charge in [0.05, 0.1) is 45.7 Å². The van der Waals surface area contributed by atoms with Crippen molar-refractivity contribution in [3.8, 4) is 17.2 Å². The standard InChI is InChI=1S/C38H32ClIN2O6S/c1-4-46-28-17-13-26(14-18-28)34-32(37(44)47-5-2)33(25-9-7-6-8-10-25)41-38-42(34)36(43)31(49-38)21-24-19-29(40)35(30(20-24)45-3)48-22-23-11-15-27(39)16-12-23/h6-21,34H,4-5,22H2,1-3H3/b31-21-/t34-/m0/s1. The van der Waals surface area contributed by atoms with Crippen LogP contribution in [0.15, 0.2) is 106 Å². The Kier molecular flexibility index (Phi) is 10.9. The number of aromatic nitrogens is 1. The molecule has 0 aliphatic carbocycles. The molecular weight excluding hydrogens is 775 g/mol. The number of benzene rings is 4. The molecule has 0 radical (unpaired) electrons. The van der Waals surface area contributed by atoms with Gasteiger partial charge in [0.25, 0.3) is 5.56 Å². The van der Waals surface area contributed by atoms with E-state index in [1.807, 2.05) is 104 Å². The van der Waals surface area contributed by atoms with E-state index in [0.717, 1.165) is 25.8 Å². The normalized spacial score (nSPS) is 14.2. The quantitative estimate of drug-likeness (QED) is 0.104. The zero-order chi connectivity index (χ0) is 34.5. The molecule has 0 saturated heterocycles. The van der Waals surface area contributed by atoms with E-state index in [2.05, 4.69) is 22.6 Å². The van der Waals surface area contributed by atoms with E-state index in [9.17, 15) is 9.59 Å². The van der Waals surface area contributed by atoms with Crippen LogP contribution in [0.25, 0.3) is 11.8 Å². The fourth-order valence-electron chi connectivity index (χ4n) is 5.52. The van der Waals surface area contributed by atoms with E-state index in [4.69, 9.17) is 35.5 Å². The highest BCUT2D eigenvalue weighted by molar-refractivity contribution is 14.1. The maximum absolute atomic E-state index is 14.3. The summed E-state index contributed by atoms with van der Waals surface area (Å²) >= 11 is 9.49. The highest BCUT2D eigenvalue weighted by Crippen LogP contribution is 2.37. The van der Waals surface area contributed by atoms with E-state index >= 15 is 0 Å². The van der Waals surface area contributed by atoms with E-state index in [0.29, 0.717) is 50.5 Å². The van der Waals surface area contributed by atoms with Crippen molar-refractivity contribution in [1.82, 2.24) is 4.57 Å². The lowest BCUT2D eigenvalue weighted by Crippen LogP contribution is -2.40. The predicted molar refractivity (Wildman–Crippen MR) is 200 cm³/mol. The summed E-state index contributed by atoms with van der Waals surface area (Å²) in [6.45, 7) is 4.69. The number of rotatable bonds is 11. The van der Waals surface area contributed by atoms with E-state index in [1.54, 1.807) is 18.6 Å². The molecule has 250 valence electrons. The maximum atomic E-state index is 14.3. The lowest BCUT2D eigenvalue weighted by atomic mass is 9.93. The zero-order valence-corrected chi connectivity index (χ0v) is 30.7. The number of halogens is 2. The minimum absolute atomic E-state index is 0.171. The van der Waals surface area contributed by atoms with Gasteiger partial charge in [-0.3, -0.25) is 9.36 Å². The Morgan fingerprint density at radius 2 is 1.71 bits per heavy atom. The number of carbonyl (C=O) groups is 1. The molecule has 5 aromatic rings. The topological polar surface area (TPSA) is 88.4 Å². The van der Waals surface area contributed by atoms with Gasteiger partial charge in [-0.15, -0.1) is 0 Å². The number of ether oxygens (including phenoxy) is 4. The summed E-state index contributed by atoms with van der Waals surface area (Å²) in [6.07, 6.45) is 1.81. The molecule has 0 N–H and O–H groups in total. The van der Waals surface area contributed by atoms with Crippen LogP contribution in [0.1, 0.15) is 42.1 Å². The van der Waals surface area contributed by atoms with Crippen LogP contribution in [0.3, 0.4) is 0 Å². The van der Waals surface area contributed by atoms with Gasteiger partial charge >= 0.3 is 5.97 Å². The average Bonchev–Trinajstić information content (AvgIpc) is 3.42. The Bertz CT molecular complexity index is 2200. The van der Waals surface area contributed by atoms with Gasteiger partial charge < -0.3 is 18.9 Å². The number of nitrogens with zero attached hydrogens (tertiary/aromatic N) is 2. The third-order valence-electron chi connectivity index (χ3n) is 7.73. The summed E-state index contributed by atoms with van der Waals surface area (Å²) in [5.41, 5.74) is 3.64. The molecule has 11 heteroatoms. The van der Waals surface area contributed by atoms with E-state index < -0.39 is 12.0 Å². The molecule has 1 atom stereocenters. The molecule has 4 aromatic carbocycles. The number of methoxy groups -OCH3 is 1. The SMILES string of the molecule is CCOC(=O)C1=C(c2ccccc2)N=c2s/c(=C\c3cc(I)c(OCc4ccc(Cl)cc4)c(OC)c3)c(=O)n2[C@H]1c1ccc(OCC)cc1. The first-order chi connectivity index (χ1) is 23.8. The lowest BCUT2D eigenvalue weighted by molar-refractivity contribution is -0.138. The molecule has 1 aromatic heterocycles. The van der Waals surface area contributed by atoms with Crippen LogP contribution in [-0.4, -0.2) is 30.9 Å². The predicted octanol–water partition coefficient (Wildman–Crippen LogP) is 7.18. The molecule has 8 nitrogen and oxygen atoms in total. The minimum Gasteiger partial charge on any atom is -0.494 e. The highest BCUT2D eigenvalue weighted by Gasteiger charge is 2.35. The van der Waals surface area contributed by atoms with Crippen molar-refractivity contribution in [2.45, 2.75) is 26.5 Å². The van der Waals surface area contributed by atoms with Crippen LogP contribution in [0.4, 0.5) is 0 Å². The largest absolute Gasteiger partial charge is 0.494 e. The first kappa shape index (κ1) is 34.5. The zero-order valence-electron chi connectivity index (χ0n) is 26.9. The number of fused-ring (bicyclic) bond motifs is 1. The van der Waals surface area contributed by atoms with Gasteiger partial charge in [0, 0.05) is 10.6 Å². The van der Waals surface area contributed by atoms with Crippen molar-refractivity contribution in [2.75, 3.05) is 20.3 Å². The van der Waals surface area contributed by atoms with E-state index in [-0.39, 0.29) is 17.7 Å². The van der Waals surface area contributed by atoms with Gasteiger partial charge in [-0.25, -0.2) is 9.79 Å². The smallest absolute Gasteiger partial charge is 0.338 e. The van der Waals surface area contributed by atoms with Crippen LogP contribution in [-0.2, 0) is 16.1 Å². The number of thiazole rings is 1. The second kappa shape index (κ2) is 15.4. The molecule has 1 aliphatic rings.